The molecular formula is C23H33IN4O. The molecule has 0 spiro atoms. The number of likely N-dealkylation sites (tertiary alicyclic amines) is 1. The Balaban J connectivity index is 0.00000300. The molecule has 1 saturated heterocycles. The highest BCUT2D eigenvalue weighted by molar-refractivity contribution is 14.0. The first-order chi connectivity index (χ1) is 13.6. The third-order valence-electron chi connectivity index (χ3n) is 5.32. The molecule has 0 bridgehead atoms. The van der Waals surface area contributed by atoms with E-state index >= 15 is 0 Å². The number of nitrogens with one attached hydrogen (secondary N) is 2. The average molecular weight is 508 g/mol. The van der Waals surface area contributed by atoms with Crippen LogP contribution in [0, 0.1) is 0 Å². The predicted octanol–water partition coefficient (Wildman–Crippen LogP) is 3.69. The summed E-state index contributed by atoms with van der Waals surface area (Å²) in [5.41, 5.74) is 3.79. The number of aliphatic imine (C=N–C) groups is 1. The van der Waals surface area contributed by atoms with Crippen LogP contribution in [0.4, 0.5) is 0 Å². The summed E-state index contributed by atoms with van der Waals surface area (Å²) in [5.74, 6) is 0.798. The summed E-state index contributed by atoms with van der Waals surface area (Å²) >= 11 is 0. The van der Waals surface area contributed by atoms with Crippen LogP contribution in [0.1, 0.15) is 42.5 Å². The molecule has 6 heteroatoms. The van der Waals surface area contributed by atoms with E-state index in [1.54, 1.807) is 7.05 Å². The largest absolute Gasteiger partial charge is 0.393 e. The van der Waals surface area contributed by atoms with Gasteiger partial charge in [0.05, 0.1) is 12.1 Å². The van der Waals surface area contributed by atoms with E-state index < -0.39 is 0 Å². The van der Waals surface area contributed by atoms with E-state index in [1.807, 2.05) is 6.07 Å². The number of aliphatic hydroxyl groups excluding tert-OH is 1. The zero-order valence-corrected chi connectivity index (χ0v) is 19.7. The first kappa shape index (κ1) is 23.6. The number of hydrogen-bond donors (Lipinski definition) is 3. The second kappa shape index (κ2) is 12.1. The molecule has 2 aromatic carbocycles. The molecule has 3 rings (SSSR count). The maximum absolute atomic E-state index is 9.62. The number of nitrogens with zero attached hydrogens (tertiary/aromatic N) is 2. The van der Waals surface area contributed by atoms with Crippen molar-refractivity contribution in [3.63, 3.8) is 0 Å². The summed E-state index contributed by atoms with van der Waals surface area (Å²) in [5, 5.41) is 16.5. The van der Waals surface area contributed by atoms with Crippen LogP contribution in [0.2, 0.25) is 0 Å². The van der Waals surface area contributed by atoms with Gasteiger partial charge in [0.2, 0.25) is 0 Å². The second-order valence-corrected chi connectivity index (χ2v) is 7.53. The molecular weight excluding hydrogens is 475 g/mol. The molecule has 158 valence electrons. The topological polar surface area (TPSA) is 59.9 Å². The van der Waals surface area contributed by atoms with Crippen molar-refractivity contribution in [2.75, 3.05) is 20.1 Å². The van der Waals surface area contributed by atoms with E-state index in [0.717, 1.165) is 45.0 Å². The number of hydrogen-bond acceptors (Lipinski definition) is 3. The lowest BCUT2D eigenvalue weighted by molar-refractivity contribution is 0.0792. The molecule has 3 N–H and O–H groups in total. The molecule has 2 aromatic rings. The number of halogens is 1. The molecule has 29 heavy (non-hydrogen) atoms. The van der Waals surface area contributed by atoms with Gasteiger partial charge in [0.15, 0.2) is 5.96 Å². The minimum atomic E-state index is -0.114. The van der Waals surface area contributed by atoms with Crippen molar-refractivity contribution in [1.29, 1.82) is 0 Å². The molecule has 1 fully saturated rings. The van der Waals surface area contributed by atoms with Gasteiger partial charge < -0.3 is 15.7 Å². The van der Waals surface area contributed by atoms with Gasteiger partial charge >= 0.3 is 0 Å². The molecule has 0 aliphatic carbocycles. The van der Waals surface area contributed by atoms with Crippen LogP contribution in [-0.4, -0.2) is 42.2 Å². The molecule has 1 unspecified atom stereocenters. The fourth-order valence-electron chi connectivity index (χ4n) is 3.51. The van der Waals surface area contributed by atoms with Gasteiger partial charge in [0, 0.05) is 33.2 Å². The summed E-state index contributed by atoms with van der Waals surface area (Å²) in [6.45, 7) is 5.78. The zero-order valence-electron chi connectivity index (χ0n) is 17.3. The highest BCUT2D eigenvalue weighted by atomic mass is 127. The van der Waals surface area contributed by atoms with Gasteiger partial charge in [-0.3, -0.25) is 9.89 Å². The van der Waals surface area contributed by atoms with Crippen LogP contribution in [0.3, 0.4) is 0 Å². The monoisotopic (exact) mass is 508 g/mol. The van der Waals surface area contributed by atoms with Crippen LogP contribution in [0.25, 0.3) is 0 Å². The van der Waals surface area contributed by atoms with Crippen molar-refractivity contribution in [1.82, 2.24) is 15.5 Å². The Morgan fingerprint density at radius 3 is 2.31 bits per heavy atom. The normalized spacial score (nSPS) is 16.7. The van der Waals surface area contributed by atoms with Crippen LogP contribution in [-0.2, 0) is 13.1 Å². The van der Waals surface area contributed by atoms with Gasteiger partial charge in [0.1, 0.15) is 0 Å². The van der Waals surface area contributed by atoms with Crippen molar-refractivity contribution in [2.45, 2.75) is 45.0 Å². The van der Waals surface area contributed by atoms with E-state index in [-0.39, 0.29) is 36.1 Å². The number of piperidine rings is 1. The standard InChI is InChI=1S/C23H32N4O.HI/c1-18(21-6-4-3-5-7-21)26-23(24-2)25-16-19-8-10-20(11-9-19)17-27-14-12-22(28)13-15-27;/h3-11,18,22,28H,12-17H2,1-2H3,(H2,24,25,26);1H. The van der Waals surface area contributed by atoms with Gasteiger partial charge in [-0.1, -0.05) is 54.6 Å². The average Bonchev–Trinajstić information content (AvgIpc) is 2.74. The Morgan fingerprint density at radius 1 is 1.07 bits per heavy atom. The zero-order chi connectivity index (χ0) is 19.8. The van der Waals surface area contributed by atoms with Crippen LogP contribution in [0.5, 0.6) is 0 Å². The summed E-state index contributed by atoms with van der Waals surface area (Å²) in [6.07, 6.45) is 1.66. The molecule has 0 radical (unpaired) electrons. The van der Waals surface area contributed by atoms with Crippen molar-refractivity contribution in [3.05, 3.63) is 71.3 Å². The van der Waals surface area contributed by atoms with Crippen molar-refractivity contribution >= 4 is 29.9 Å². The highest BCUT2D eigenvalue weighted by Gasteiger charge is 2.16. The third-order valence-corrected chi connectivity index (χ3v) is 5.32. The first-order valence-electron chi connectivity index (χ1n) is 10.1. The van der Waals surface area contributed by atoms with Gasteiger partial charge in [-0.15, -0.1) is 24.0 Å². The number of aliphatic hydroxyl groups is 1. The minimum absolute atomic E-state index is 0. The minimum Gasteiger partial charge on any atom is -0.393 e. The van der Waals surface area contributed by atoms with E-state index in [1.165, 1.54) is 16.7 Å². The predicted molar refractivity (Wildman–Crippen MR) is 131 cm³/mol. The molecule has 1 aliphatic rings. The summed E-state index contributed by atoms with van der Waals surface area (Å²) in [7, 11) is 1.80. The SMILES string of the molecule is CN=C(NCc1ccc(CN2CCC(O)CC2)cc1)NC(C)c1ccccc1.I. The summed E-state index contributed by atoms with van der Waals surface area (Å²) in [4.78, 5) is 6.75. The van der Waals surface area contributed by atoms with Crippen molar-refractivity contribution < 1.29 is 5.11 Å². The number of guanidine groups is 1. The lowest BCUT2D eigenvalue weighted by atomic mass is 10.1. The number of rotatable bonds is 6. The Labute approximate surface area is 191 Å². The Hall–Kier alpha value is -1.64. The molecule has 1 atom stereocenters. The smallest absolute Gasteiger partial charge is 0.191 e. The lowest BCUT2D eigenvalue weighted by Gasteiger charge is -2.29. The van der Waals surface area contributed by atoms with E-state index in [0.29, 0.717) is 0 Å². The molecule has 0 saturated carbocycles. The fourth-order valence-corrected chi connectivity index (χ4v) is 3.51. The molecule has 0 aromatic heterocycles. The second-order valence-electron chi connectivity index (χ2n) is 7.53. The van der Waals surface area contributed by atoms with Gasteiger partial charge in [-0.25, -0.2) is 0 Å². The number of benzene rings is 2. The van der Waals surface area contributed by atoms with Crippen LogP contribution < -0.4 is 10.6 Å². The van der Waals surface area contributed by atoms with Crippen molar-refractivity contribution in [2.24, 2.45) is 4.99 Å². The first-order valence-corrected chi connectivity index (χ1v) is 10.1. The highest BCUT2D eigenvalue weighted by Crippen LogP contribution is 2.14. The van der Waals surface area contributed by atoms with Gasteiger partial charge in [-0.05, 0) is 36.5 Å². The quantitative estimate of drug-likeness (QED) is 0.317. The van der Waals surface area contributed by atoms with Crippen LogP contribution >= 0.6 is 24.0 Å². The molecule has 0 amide bonds. The van der Waals surface area contributed by atoms with Gasteiger partial charge in [-0.2, -0.15) is 0 Å². The summed E-state index contributed by atoms with van der Waals surface area (Å²) < 4.78 is 0. The lowest BCUT2D eigenvalue weighted by Crippen LogP contribution is -2.38. The van der Waals surface area contributed by atoms with E-state index in [4.69, 9.17) is 0 Å². The fraction of sp³-hybridized carbons (Fsp3) is 0.435. The Bertz CT molecular complexity index is 743. The van der Waals surface area contributed by atoms with E-state index in [9.17, 15) is 5.11 Å². The molecule has 1 heterocycles. The van der Waals surface area contributed by atoms with E-state index in [2.05, 4.69) is 76.0 Å². The Morgan fingerprint density at radius 2 is 1.69 bits per heavy atom. The van der Waals surface area contributed by atoms with Crippen molar-refractivity contribution in [3.8, 4) is 0 Å². The maximum Gasteiger partial charge on any atom is 0.191 e. The molecule has 1 aliphatic heterocycles. The molecule has 5 nitrogen and oxygen atoms in total. The summed E-state index contributed by atoms with van der Waals surface area (Å²) in [6, 6.07) is 19.3. The van der Waals surface area contributed by atoms with Gasteiger partial charge in [0.25, 0.3) is 0 Å². The Kier molecular flexibility index (Phi) is 9.90. The third kappa shape index (κ3) is 7.60. The maximum atomic E-state index is 9.62. The van der Waals surface area contributed by atoms with Crippen LogP contribution in [0.15, 0.2) is 59.6 Å².